The lowest BCUT2D eigenvalue weighted by Crippen LogP contribution is -2.49. The Labute approximate surface area is 211 Å². The van der Waals surface area contributed by atoms with Crippen LogP contribution in [0.2, 0.25) is 0 Å². The van der Waals surface area contributed by atoms with E-state index in [0.29, 0.717) is 24.0 Å². The van der Waals surface area contributed by atoms with Crippen LogP contribution in [-0.2, 0) is 9.59 Å². The van der Waals surface area contributed by atoms with Crippen molar-refractivity contribution in [1.29, 1.82) is 0 Å². The molecule has 0 atom stereocenters. The van der Waals surface area contributed by atoms with Crippen molar-refractivity contribution in [3.8, 4) is 0 Å². The van der Waals surface area contributed by atoms with Gasteiger partial charge in [-0.15, -0.1) is 0 Å². The molecule has 5 nitrogen and oxygen atoms in total. The van der Waals surface area contributed by atoms with Crippen LogP contribution in [0.4, 0.5) is 0 Å². The molecule has 200 valence electrons. The van der Waals surface area contributed by atoms with Crippen molar-refractivity contribution < 1.29 is 19.2 Å². The second-order valence-corrected chi connectivity index (χ2v) is 10.6. The first-order valence-electron chi connectivity index (χ1n) is 14.3. The van der Waals surface area contributed by atoms with Crippen LogP contribution in [0.25, 0.3) is 0 Å². The van der Waals surface area contributed by atoms with Gasteiger partial charge in [-0.3, -0.25) is 4.79 Å². The number of hydrogen-bond donors (Lipinski definition) is 1. The molecule has 0 fully saturated rings. The summed E-state index contributed by atoms with van der Waals surface area (Å²) >= 11 is 0. The number of carboxylic acids is 1. The van der Waals surface area contributed by atoms with Crippen molar-refractivity contribution in [2.75, 3.05) is 33.7 Å². The van der Waals surface area contributed by atoms with Crippen LogP contribution in [0.15, 0.2) is 12.2 Å². The Kier molecular flexibility index (Phi) is 22.4. The number of likely N-dealkylation sites (N-methyl/N-ethyl adjacent to an activating group) is 1. The van der Waals surface area contributed by atoms with E-state index >= 15 is 0 Å². The van der Waals surface area contributed by atoms with Gasteiger partial charge in [0.15, 0.2) is 0 Å². The van der Waals surface area contributed by atoms with Gasteiger partial charge in [0.1, 0.15) is 6.54 Å². The van der Waals surface area contributed by atoms with E-state index in [1.165, 1.54) is 89.9 Å². The predicted molar refractivity (Wildman–Crippen MR) is 142 cm³/mol. The summed E-state index contributed by atoms with van der Waals surface area (Å²) < 4.78 is 0.377. The van der Waals surface area contributed by atoms with Crippen molar-refractivity contribution in [1.82, 2.24) is 5.32 Å². The van der Waals surface area contributed by atoms with Crippen molar-refractivity contribution >= 4 is 11.9 Å². The van der Waals surface area contributed by atoms with Crippen molar-refractivity contribution in [3.63, 3.8) is 0 Å². The summed E-state index contributed by atoms with van der Waals surface area (Å²) in [6.07, 6.45) is 28.4. The molecule has 0 radical (unpaired) electrons. The highest BCUT2D eigenvalue weighted by molar-refractivity contribution is 5.75. The summed E-state index contributed by atoms with van der Waals surface area (Å²) in [5.41, 5.74) is 0. The van der Waals surface area contributed by atoms with Crippen molar-refractivity contribution in [2.45, 2.75) is 129 Å². The maximum Gasteiger partial charge on any atom is 0.220 e. The van der Waals surface area contributed by atoms with E-state index in [4.69, 9.17) is 0 Å². The summed E-state index contributed by atoms with van der Waals surface area (Å²) in [7, 11) is 3.73. The van der Waals surface area contributed by atoms with Crippen LogP contribution in [0, 0.1) is 0 Å². The zero-order chi connectivity index (χ0) is 25.3. The maximum atomic E-state index is 11.9. The molecule has 0 aliphatic carbocycles. The third-order valence-electron chi connectivity index (χ3n) is 6.49. The summed E-state index contributed by atoms with van der Waals surface area (Å²) in [4.78, 5) is 22.6. The Morgan fingerprint density at radius 2 is 1.18 bits per heavy atom. The fourth-order valence-corrected chi connectivity index (χ4v) is 4.32. The van der Waals surface area contributed by atoms with Crippen LogP contribution in [0.1, 0.15) is 129 Å². The average molecular weight is 481 g/mol. The predicted octanol–water partition coefficient (Wildman–Crippen LogP) is 5.92. The van der Waals surface area contributed by atoms with Crippen LogP contribution in [0.3, 0.4) is 0 Å². The summed E-state index contributed by atoms with van der Waals surface area (Å²) in [6, 6.07) is 0. The molecule has 0 aromatic heterocycles. The fraction of sp³-hybridized carbons (Fsp3) is 0.862. The van der Waals surface area contributed by atoms with E-state index in [2.05, 4.69) is 24.4 Å². The van der Waals surface area contributed by atoms with Gasteiger partial charge in [0, 0.05) is 19.4 Å². The van der Waals surface area contributed by atoms with E-state index in [1.807, 2.05) is 14.1 Å². The highest BCUT2D eigenvalue weighted by Crippen LogP contribution is 2.13. The molecule has 0 aliphatic heterocycles. The quantitative estimate of drug-likeness (QED) is 0.100. The number of quaternary nitrogens is 1. The van der Waals surface area contributed by atoms with Gasteiger partial charge in [-0.05, 0) is 25.7 Å². The second-order valence-electron chi connectivity index (χ2n) is 10.6. The van der Waals surface area contributed by atoms with Gasteiger partial charge in [-0.1, -0.05) is 103 Å². The highest BCUT2D eigenvalue weighted by Gasteiger charge is 2.14. The molecular formula is C29H56N2O3. The zero-order valence-corrected chi connectivity index (χ0v) is 22.9. The van der Waals surface area contributed by atoms with E-state index in [1.54, 1.807) is 0 Å². The lowest BCUT2D eigenvalue weighted by molar-refractivity contribution is -0.884. The van der Waals surface area contributed by atoms with Crippen LogP contribution in [0.5, 0.6) is 0 Å². The topological polar surface area (TPSA) is 69.2 Å². The molecule has 0 bridgehead atoms. The summed E-state index contributed by atoms with van der Waals surface area (Å²) in [6.45, 7) is 3.58. The number of carbonyl (C=O) groups is 2. The van der Waals surface area contributed by atoms with E-state index in [9.17, 15) is 14.7 Å². The first kappa shape index (κ1) is 32.6. The standard InChI is InChI=1S/C29H56N2O3/c1-4-5-6-7-8-9-10-11-12-13-14-15-16-17-18-19-20-21-22-24-28(32)30-25-23-26-31(2,3)27-29(33)34/h19-20H,4-18,21-27H2,1-3H3,(H-,30,32,33,34)/b20-19-. The first-order valence-corrected chi connectivity index (χ1v) is 14.3. The number of aliphatic carboxylic acids is 1. The van der Waals surface area contributed by atoms with E-state index in [0.717, 1.165) is 25.7 Å². The average Bonchev–Trinajstić information content (AvgIpc) is 2.77. The van der Waals surface area contributed by atoms with Crippen molar-refractivity contribution in [2.24, 2.45) is 0 Å². The van der Waals surface area contributed by atoms with Crippen LogP contribution < -0.4 is 10.4 Å². The van der Waals surface area contributed by atoms with Gasteiger partial charge in [-0.2, -0.15) is 0 Å². The number of amides is 1. The fourth-order valence-electron chi connectivity index (χ4n) is 4.32. The molecule has 0 aromatic rings. The Balaban J connectivity index is 3.35. The zero-order valence-electron chi connectivity index (χ0n) is 22.9. The van der Waals surface area contributed by atoms with Gasteiger partial charge in [0.05, 0.1) is 26.6 Å². The van der Waals surface area contributed by atoms with Gasteiger partial charge in [-0.25, -0.2) is 0 Å². The number of nitrogens with one attached hydrogen (secondary N) is 1. The molecule has 0 heterocycles. The minimum atomic E-state index is -1.04. The SMILES string of the molecule is CCCCCCCCCCCCCCCC/C=C\CCCC(=O)NCCC[N+](C)(C)CC(=O)[O-]. The Bertz CT molecular complexity index is 518. The highest BCUT2D eigenvalue weighted by atomic mass is 16.4. The number of unbranched alkanes of at least 4 members (excludes halogenated alkanes) is 15. The minimum absolute atomic E-state index is 0.000359. The van der Waals surface area contributed by atoms with Crippen molar-refractivity contribution in [3.05, 3.63) is 12.2 Å². The molecule has 1 N–H and O–H groups in total. The Morgan fingerprint density at radius 1 is 0.706 bits per heavy atom. The normalized spacial score (nSPS) is 11.9. The lowest BCUT2D eigenvalue weighted by atomic mass is 10.0. The number of carbonyl (C=O) groups excluding carboxylic acids is 2. The summed E-state index contributed by atoms with van der Waals surface area (Å²) in [5, 5.41) is 13.6. The third kappa shape index (κ3) is 25.3. The van der Waals surface area contributed by atoms with Gasteiger partial charge >= 0.3 is 0 Å². The Hall–Kier alpha value is -1.36. The molecule has 0 saturated carbocycles. The maximum absolute atomic E-state index is 11.9. The molecule has 34 heavy (non-hydrogen) atoms. The van der Waals surface area contributed by atoms with E-state index < -0.39 is 5.97 Å². The number of carboxylic acid groups (broad SMARTS) is 1. The van der Waals surface area contributed by atoms with Gasteiger partial charge < -0.3 is 19.7 Å². The van der Waals surface area contributed by atoms with E-state index in [-0.39, 0.29) is 12.5 Å². The summed E-state index contributed by atoms with van der Waals surface area (Å²) in [5.74, 6) is -0.947. The molecule has 5 heteroatoms. The van der Waals surface area contributed by atoms with Crippen LogP contribution >= 0.6 is 0 Å². The molecule has 0 rings (SSSR count). The molecule has 0 aliphatic rings. The number of nitrogens with zero attached hydrogens (tertiary/aromatic N) is 1. The second kappa shape index (κ2) is 23.4. The molecule has 0 saturated heterocycles. The Morgan fingerprint density at radius 3 is 1.68 bits per heavy atom. The molecule has 1 amide bonds. The molecule has 0 aromatic carbocycles. The monoisotopic (exact) mass is 480 g/mol. The molecule has 0 unspecified atom stereocenters. The number of hydrogen-bond acceptors (Lipinski definition) is 3. The smallest absolute Gasteiger partial charge is 0.220 e. The first-order chi connectivity index (χ1) is 16.4. The number of allylic oxidation sites excluding steroid dienone is 2. The largest absolute Gasteiger partial charge is 0.544 e. The van der Waals surface area contributed by atoms with Gasteiger partial charge in [0.2, 0.25) is 5.91 Å². The van der Waals surface area contributed by atoms with Crippen LogP contribution in [-0.4, -0.2) is 50.1 Å². The number of rotatable bonds is 25. The lowest BCUT2D eigenvalue weighted by Gasteiger charge is -2.30. The van der Waals surface area contributed by atoms with Gasteiger partial charge in [0.25, 0.3) is 0 Å². The molecule has 0 spiro atoms. The molecular weight excluding hydrogens is 424 g/mol. The third-order valence-corrected chi connectivity index (χ3v) is 6.49. The minimum Gasteiger partial charge on any atom is -0.544 e.